The van der Waals surface area contributed by atoms with Crippen LogP contribution >= 0.6 is 0 Å². The van der Waals surface area contributed by atoms with Crippen LogP contribution < -0.4 is 0 Å². The Labute approximate surface area is 149 Å². The van der Waals surface area contributed by atoms with Gasteiger partial charge in [-0.15, -0.1) is 0 Å². The minimum absolute atomic E-state index is 0.0822. The number of ether oxygens (including phenoxy) is 1. The van der Waals surface area contributed by atoms with Gasteiger partial charge >= 0.3 is 6.09 Å². The summed E-state index contributed by atoms with van der Waals surface area (Å²) in [6.45, 7) is 6.42. The van der Waals surface area contributed by atoms with Crippen LogP contribution in [0.3, 0.4) is 0 Å². The highest BCUT2D eigenvalue weighted by molar-refractivity contribution is 6.04. The number of unbranched alkanes of at least 4 members (excludes halogenated alkanes) is 2. The standard InChI is InChI=1S/C21H27NO3/c1-4-5-7-12-17-14(2)15(3)20(23)19(17)22-18(13-25-21(22)24)16-10-8-6-9-11-16/h6,8-11,17-19H,4-5,7,12-13H2,1-3H3/t17-,18+,19+/m0/s1. The average Bonchev–Trinajstić information content (AvgIpc) is 3.09. The fourth-order valence-electron chi connectivity index (χ4n) is 4.09. The van der Waals surface area contributed by atoms with E-state index in [0.717, 1.165) is 42.4 Å². The van der Waals surface area contributed by atoms with Gasteiger partial charge in [0, 0.05) is 5.92 Å². The van der Waals surface area contributed by atoms with Crippen LogP contribution in [-0.2, 0) is 9.53 Å². The number of carbonyl (C=O) groups is 2. The highest BCUT2D eigenvalue weighted by Crippen LogP contribution is 2.41. The zero-order valence-electron chi connectivity index (χ0n) is 15.3. The number of Topliss-reactive ketones (excluding diaryl/α,β-unsaturated/α-hetero) is 1. The van der Waals surface area contributed by atoms with Crippen LogP contribution in [0.25, 0.3) is 0 Å². The lowest BCUT2D eigenvalue weighted by molar-refractivity contribution is -0.120. The number of hydrogen-bond donors (Lipinski definition) is 0. The van der Waals surface area contributed by atoms with Crippen LogP contribution in [0.2, 0.25) is 0 Å². The maximum absolute atomic E-state index is 13.0. The number of hydrogen-bond acceptors (Lipinski definition) is 3. The second kappa shape index (κ2) is 7.42. The van der Waals surface area contributed by atoms with Gasteiger partial charge in [-0.1, -0.05) is 62.1 Å². The summed E-state index contributed by atoms with van der Waals surface area (Å²) in [4.78, 5) is 27.2. The molecule has 0 saturated carbocycles. The predicted molar refractivity (Wildman–Crippen MR) is 97.2 cm³/mol. The maximum atomic E-state index is 13.0. The minimum atomic E-state index is -0.419. The van der Waals surface area contributed by atoms with Crippen molar-refractivity contribution >= 4 is 11.9 Å². The molecule has 3 rings (SSSR count). The van der Waals surface area contributed by atoms with E-state index >= 15 is 0 Å². The molecule has 3 atom stereocenters. The van der Waals surface area contributed by atoms with Crippen molar-refractivity contribution in [1.82, 2.24) is 4.90 Å². The van der Waals surface area contributed by atoms with Crippen LogP contribution in [0.15, 0.2) is 41.5 Å². The lowest BCUT2D eigenvalue weighted by atomic mass is 9.89. The van der Waals surface area contributed by atoms with Gasteiger partial charge in [-0.25, -0.2) is 4.79 Å². The van der Waals surface area contributed by atoms with Crippen molar-refractivity contribution in [2.45, 2.75) is 58.5 Å². The first-order valence-electron chi connectivity index (χ1n) is 9.27. The number of amides is 1. The van der Waals surface area contributed by atoms with E-state index in [1.165, 1.54) is 0 Å². The fraction of sp³-hybridized carbons (Fsp3) is 0.524. The molecule has 134 valence electrons. The SMILES string of the molecule is CCCCC[C@H]1C(C)=C(C)C(=O)[C@@H]1N1C(=O)OC[C@@H]1c1ccccc1. The molecule has 1 heterocycles. The Morgan fingerprint density at radius 3 is 2.52 bits per heavy atom. The molecule has 0 radical (unpaired) electrons. The van der Waals surface area contributed by atoms with Gasteiger partial charge in [-0.05, 0) is 31.4 Å². The van der Waals surface area contributed by atoms with Crippen molar-refractivity contribution in [3.8, 4) is 0 Å². The summed E-state index contributed by atoms with van der Waals surface area (Å²) < 4.78 is 5.35. The highest BCUT2D eigenvalue weighted by atomic mass is 16.6. The number of cyclic esters (lactones) is 1. The molecule has 1 amide bonds. The zero-order chi connectivity index (χ0) is 18.0. The number of benzene rings is 1. The molecule has 0 spiro atoms. The van der Waals surface area contributed by atoms with Crippen LogP contribution in [-0.4, -0.2) is 29.4 Å². The van der Waals surface area contributed by atoms with E-state index in [9.17, 15) is 9.59 Å². The highest BCUT2D eigenvalue weighted by Gasteiger charge is 2.49. The van der Waals surface area contributed by atoms with Crippen molar-refractivity contribution < 1.29 is 14.3 Å². The Kier molecular flexibility index (Phi) is 5.26. The molecule has 0 bridgehead atoms. The second-order valence-electron chi connectivity index (χ2n) is 7.13. The van der Waals surface area contributed by atoms with Crippen molar-refractivity contribution in [3.63, 3.8) is 0 Å². The van der Waals surface area contributed by atoms with E-state index in [0.29, 0.717) is 6.61 Å². The van der Waals surface area contributed by atoms with E-state index in [-0.39, 0.29) is 23.8 Å². The van der Waals surface area contributed by atoms with Gasteiger partial charge in [-0.2, -0.15) is 0 Å². The molecular formula is C21H27NO3. The van der Waals surface area contributed by atoms with E-state index in [4.69, 9.17) is 4.74 Å². The van der Waals surface area contributed by atoms with Gasteiger partial charge in [0.2, 0.25) is 0 Å². The van der Waals surface area contributed by atoms with Gasteiger partial charge < -0.3 is 4.74 Å². The monoisotopic (exact) mass is 341 g/mol. The summed E-state index contributed by atoms with van der Waals surface area (Å²) >= 11 is 0. The normalized spacial score (nSPS) is 26.5. The van der Waals surface area contributed by atoms with Gasteiger partial charge in [0.05, 0.1) is 6.04 Å². The summed E-state index contributed by atoms with van der Waals surface area (Å²) in [5.41, 5.74) is 2.98. The summed E-state index contributed by atoms with van der Waals surface area (Å²) in [6, 6.07) is 9.26. The topological polar surface area (TPSA) is 46.6 Å². The molecule has 1 aliphatic carbocycles. The third-order valence-corrected chi connectivity index (χ3v) is 5.68. The van der Waals surface area contributed by atoms with E-state index < -0.39 is 6.04 Å². The fourth-order valence-corrected chi connectivity index (χ4v) is 4.09. The minimum Gasteiger partial charge on any atom is -0.447 e. The van der Waals surface area contributed by atoms with Crippen LogP contribution in [0, 0.1) is 5.92 Å². The predicted octanol–water partition coefficient (Wildman–Crippen LogP) is 4.66. The molecule has 25 heavy (non-hydrogen) atoms. The maximum Gasteiger partial charge on any atom is 0.411 e. The average molecular weight is 341 g/mol. The third kappa shape index (κ3) is 3.22. The summed E-state index contributed by atoms with van der Waals surface area (Å²) in [7, 11) is 0. The molecule has 4 nitrogen and oxygen atoms in total. The first-order valence-corrected chi connectivity index (χ1v) is 9.27. The number of carbonyl (C=O) groups excluding carboxylic acids is 2. The van der Waals surface area contributed by atoms with Crippen molar-refractivity contribution in [2.75, 3.05) is 6.61 Å². The molecule has 1 aromatic carbocycles. The van der Waals surface area contributed by atoms with Crippen molar-refractivity contribution in [3.05, 3.63) is 47.0 Å². The van der Waals surface area contributed by atoms with Crippen LogP contribution in [0.1, 0.15) is 58.1 Å². The smallest absolute Gasteiger partial charge is 0.411 e. The molecule has 0 N–H and O–H groups in total. The Morgan fingerprint density at radius 1 is 1.12 bits per heavy atom. The Hall–Kier alpha value is -2.10. The lowest BCUT2D eigenvalue weighted by Crippen LogP contribution is -2.45. The Morgan fingerprint density at radius 2 is 1.84 bits per heavy atom. The second-order valence-corrected chi connectivity index (χ2v) is 7.13. The molecule has 1 aliphatic heterocycles. The van der Waals surface area contributed by atoms with Crippen molar-refractivity contribution in [2.24, 2.45) is 5.92 Å². The van der Waals surface area contributed by atoms with Crippen molar-refractivity contribution in [1.29, 1.82) is 0 Å². The molecule has 0 aromatic heterocycles. The van der Waals surface area contributed by atoms with Gasteiger partial charge in [0.25, 0.3) is 0 Å². The van der Waals surface area contributed by atoms with Gasteiger partial charge in [0.1, 0.15) is 12.6 Å². The molecule has 1 fully saturated rings. The third-order valence-electron chi connectivity index (χ3n) is 5.68. The number of rotatable bonds is 6. The molecule has 1 aromatic rings. The molecule has 0 unspecified atom stereocenters. The first-order chi connectivity index (χ1) is 12.1. The zero-order valence-corrected chi connectivity index (χ0v) is 15.3. The van der Waals surface area contributed by atoms with Gasteiger partial charge in [-0.3, -0.25) is 9.69 Å². The van der Waals surface area contributed by atoms with Crippen LogP contribution in [0.4, 0.5) is 4.79 Å². The number of nitrogens with zero attached hydrogens (tertiary/aromatic N) is 1. The first kappa shape index (κ1) is 17.7. The van der Waals surface area contributed by atoms with E-state index in [1.54, 1.807) is 4.90 Å². The lowest BCUT2D eigenvalue weighted by Gasteiger charge is -2.32. The molecular weight excluding hydrogens is 314 g/mol. The molecule has 4 heteroatoms. The number of ketones is 1. The molecule has 1 saturated heterocycles. The molecule has 2 aliphatic rings. The van der Waals surface area contributed by atoms with E-state index in [2.05, 4.69) is 6.92 Å². The largest absolute Gasteiger partial charge is 0.447 e. The Balaban J connectivity index is 1.90. The summed E-state index contributed by atoms with van der Waals surface area (Å²) in [5.74, 6) is 0.190. The van der Waals surface area contributed by atoms with E-state index in [1.807, 2.05) is 44.2 Å². The summed E-state index contributed by atoms with van der Waals surface area (Å²) in [6.07, 6.45) is 3.95. The van der Waals surface area contributed by atoms with Crippen LogP contribution in [0.5, 0.6) is 0 Å². The van der Waals surface area contributed by atoms with Gasteiger partial charge in [0.15, 0.2) is 5.78 Å². The Bertz CT molecular complexity index is 680. The quantitative estimate of drug-likeness (QED) is 0.707. The summed E-state index contributed by atoms with van der Waals surface area (Å²) in [5, 5.41) is 0.